The zero-order chi connectivity index (χ0) is 16.6. The van der Waals surface area contributed by atoms with Crippen molar-refractivity contribution in [3.63, 3.8) is 0 Å². The molecule has 0 spiro atoms. The lowest BCUT2D eigenvalue weighted by Gasteiger charge is -2.20. The molecule has 0 aromatic heterocycles. The summed E-state index contributed by atoms with van der Waals surface area (Å²) < 4.78 is 25.1. The summed E-state index contributed by atoms with van der Waals surface area (Å²) in [5, 5.41) is 10.2. The fourth-order valence-electron chi connectivity index (χ4n) is 2.34. The van der Waals surface area contributed by atoms with Crippen molar-refractivity contribution in [3.8, 4) is 0 Å². The molecule has 10 heteroatoms. The molecule has 0 unspecified atom stereocenters. The van der Waals surface area contributed by atoms with Gasteiger partial charge in [0.05, 0.1) is 11.8 Å². The van der Waals surface area contributed by atoms with Gasteiger partial charge in [-0.3, -0.25) is 14.9 Å². The van der Waals surface area contributed by atoms with Crippen LogP contribution in [0.5, 0.6) is 0 Å². The van der Waals surface area contributed by atoms with E-state index in [0.717, 1.165) is 25.9 Å². The minimum Gasteiger partial charge on any atom is -0.356 e. The monoisotopic (exact) mass is 369 g/mol. The second-order valence-corrected chi connectivity index (χ2v) is 7.35. The highest BCUT2D eigenvalue weighted by molar-refractivity contribution is 7.90. The van der Waals surface area contributed by atoms with Gasteiger partial charge in [-0.1, -0.05) is 6.92 Å². The lowest BCUT2D eigenvalue weighted by atomic mass is 10.1. The van der Waals surface area contributed by atoms with E-state index < -0.39 is 16.1 Å². The summed E-state index contributed by atoms with van der Waals surface area (Å²) in [6.45, 7) is 3.73. The van der Waals surface area contributed by atoms with Gasteiger partial charge in [0, 0.05) is 19.6 Å². The van der Waals surface area contributed by atoms with Gasteiger partial charge in [0.2, 0.25) is 21.9 Å². The van der Waals surface area contributed by atoms with Crippen LogP contribution in [0.2, 0.25) is 0 Å². The van der Waals surface area contributed by atoms with Gasteiger partial charge in [-0.25, -0.2) is 8.42 Å². The Hall–Kier alpha value is -1.06. The highest BCUT2D eigenvalue weighted by atomic mass is 35.5. The number of carbonyl (C=O) groups excluding carboxylic acids is 1. The second-order valence-electron chi connectivity index (χ2n) is 5.50. The predicted molar refractivity (Wildman–Crippen MR) is 93.2 cm³/mol. The zero-order valence-electron chi connectivity index (χ0n) is 13.5. The second kappa shape index (κ2) is 10.7. The Labute approximate surface area is 144 Å². The molecule has 1 amide bonds. The number of nitrogens with one attached hydrogen (secondary N) is 3. The lowest BCUT2D eigenvalue weighted by Crippen LogP contribution is -2.43. The number of halogens is 1. The van der Waals surface area contributed by atoms with Crippen molar-refractivity contribution < 1.29 is 13.2 Å². The molecule has 0 bridgehead atoms. The molecule has 0 radical (unpaired) electrons. The fourth-order valence-corrected chi connectivity index (χ4v) is 3.36. The summed E-state index contributed by atoms with van der Waals surface area (Å²) in [4.78, 5) is 13.8. The largest absolute Gasteiger partial charge is 0.356 e. The number of nitrogens with two attached hydrogens (primary N) is 1. The zero-order valence-corrected chi connectivity index (χ0v) is 15.1. The molecular weight excluding hydrogens is 342 g/mol. The molecule has 0 saturated carbocycles. The third-order valence-corrected chi connectivity index (χ3v) is 4.92. The van der Waals surface area contributed by atoms with E-state index in [4.69, 9.17) is 11.1 Å². The average molecular weight is 370 g/mol. The number of hydrogen-bond donors (Lipinski definition) is 4. The molecule has 1 saturated heterocycles. The predicted octanol–water partition coefficient (Wildman–Crippen LogP) is -0.00813. The number of carbonyl (C=O) groups is 1. The van der Waals surface area contributed by atoms with E-state index in [1.54, 1.807) is 11.8 Å². The summed E-state index contributed by atoms with van der Waals surface area (Å²) in [5.41, 5.74) is 5.87. The van der Waals surface area contributed by atoms with Crippen molar-refractivity contribution in [2.24, 2.45) is 5.73 Å². The molecule has 1 atom stereocenters. The average Bonchev–Trinajstić information content (AvgIpc) is 2.95. The van der Waals surface area contributed by atoms with Crippen LogP contribution >= 0.6 is 12.4 Å². The van der Waals surface area contributed by atoms with Crippen LogP contribution in [0.1, 0.15) is 39.0 Å². The van der Waals surface area contributed by atoms with Gasteiger partial charge >= 0.3 is 0 Å². The smallest absolute Gasteiger partial charge is 0.239 e. The molecule has 8 nitrogen and oxygen atoms in total. The van der Waals surface area contributed by atoms with Crippen LogP contribution in [0.25, 0.3) is 0 Å². The van der Waals surface area contributed by atoms with Crippen molar-refractivity contribution in [1.82, 2.24) is 14.9 Å². The van der Waals surface area contributed by atoms with Crippen LogP contribution in [0.15, 0.2) is 0 Å². The van der Waals surface area contributed by atoms with Gasteiger partial charge in [-0.05, 0) is 32.1 Å². The molecule has 0 aliphatic carbocycles. The minimum absolute atomic E-state index is 0. The number of nitrogens with zero attached hydrogens (tertiary/aromatic N) is 1. The maximum absolute atomic E-state index is 12.0. The fraction of sp³-hybridized carbons (Fsp3) is 0.846. The van der Waals surface area contributed by atoms with Gasteiger partial charge < -0.3 is 16.0 Å². The van der Waals surface area contributed by atoms with Crippen LogP contribution in [0.3, 0.4) is 0 Å². The molecule has 1 rings (SSSR count). The Bertz CT molecular complexity index is 480. The van der Waals surface area contributed by atoms with E-state index in [2.05, 4.69) is 10.0 Å². The minimum atomic E-state index is -3.43. The highest BCUT2D eigenvalue weighted by Crippen LogP contribution is 2.10. The number of sulfonamides is 1. The van der Waals surface area contributed by atoms with Crippen molar-refractivity contribution >= 4 is 34.3 Å². The number of rotatable bonds is 8. The number of likely N-dealkylation sites (tertiary alicyclic amines) is 1. The summed E-state index contributed by atoms with van der Waals surface area (Å²) >= 11 is 0. The third kappa shape index (κ3) is 8.38. The maximum atomic E-state index is 12.0. The summed E-state index contributed by atoms with van der Waals surface area (Å²) in [6.07, 6.45) is 3.68. The standard InChI is InChI=1S/C13H27N5O3S.ClH/c1-2-10-22(20,21)17-13(15)16-7-5-6-11(14)12(19)18-8-3-4-9-18;/h11H,2-10,14H2,1H3,(H3,15,16,17);1H/t11-;/m0./s1. The Morgan fingerprint density at radius 2 is 1.96 bits per heavy atom. The molecule has 5 N–H and O–H groups in total. The third-order valence-electron chi connectivity index (χ3n) is 3.46. The SMILES string of the molecule is CCCS(=O)(=O)NC(=N)NCCC[C@H](N)C(=O)N1CCCC1.Cl. The van der Waals surface area contributed by atoms with Crippen LogP contribution < -0.4 is 15.8 Å². The number of guanidine groups is 1. The summed E-state index contributed by atoms with van der Waals surface area (Å²) in [7, 11) is -3.43. The highest BCUT2D eigenvalue weighted by Gasteiger charge is 2.23. The van der Waals surface area contributed by atoms with Gasteiger partial charge in [0.1, 0.15) is 0 Å². The molecular formula is C13H28ClN5O3S. The van der Waals surface area contributed by atoms with E-state index in [9.17, 15) is 13.2 Å². The first-order valence-electron chi connectivity index (χ1n) is 7.73. The van der Waals surface area contributed by atoms with Crippen molar-refractivity contribution in [1.29, 1.82) is 5.41 Å². The number of amides is 1. The Kier molecular flexibility index (Phi) is 10.2. The van der Waals surface area contributed by atoms with E-state index in [0.29, 0.717) is 25.8 Å². The van der Waals surface area contributed by atoms with Gasteiger partial charge in [0.15, 0.2) is 0 Å². The van der Waals surface area contributed by atoms with E-state index in [1.807, 2.05) is 0 Å². The molecule has 23 heavy (non-hydrogen) atoms. The summed E-state index contributed by atoms with van der Waals surface area (Å²) in [5.74, 6) is -0.268. The first kappa shape index (κ1) is 21.9. The van der Waals surface area contributed by atoms with Gasteiger partial charge in [0.25, 0.3) is 0 Å². The van der Waals surface area contributed by atoms with E-state index in [-0.39, 0.29) is 30.0 Å². The Balaban J connectivity index is 0.00000484. The number of hydrogen-bond acceptors (Lipinski definition) is 5. The van der Waals surface area contributed by atoms with E-state index in [1.165, 1.54) is 0 Å². The summed E-state index contributed by atoms with van der Waals surface area (Å²) in [6, 6.07) is -0.522. The van der Waals surface area contributed by atoms with Crippen LogP contribution in [0.4, 0.5) is 0 Å². The molecule has 1 fully saturated rings. The van der Waals surface area contributed by atoms with Gasteiger partial charge in [-0.15, -0.1) is 12.4 Å². The van der Waals surface area contributed by atoms with Crippen LogP contribution in [-0.4, -0.2) is 56.6 Å². The lowest BCUT2D eigenvalue weighted by molar-refractivity contribution is -0.131. The first-order valence-corrected chi connectivity index (χ1v) is 9.38. The molecule has 0 aromatic carbocycles. The Morgan fingerprint density at radius 3 is 2.52 bits per heavy atom. The molecule has 0 aromatic rings. The maximum Gasteiger partial charge on any atom is 0.239 e. The first-order chi connectivity index (χ1) is 10.4. The molecule has 1 heterocycles. The van der Waals surface area contributed by atoms with Crippen molar-refractivity contribution in [2.45, 2.75) is 45.1 Å². The molecule has 136 valence electrons. The topological polar surface area (TPSA) is 128 Å². The van der Waals surface area contributed by atoms with Crippen LogP contribution in [-0.2, 0) is 14.8 Å². The van der Waals surface area contributed by atoms with Crippen molar-refractivity contribution in [3.05, 3.63) is 0 Å². The molecule has 1 aliphatic rings. The Morgan fingerprint density at radius 1 is 1.35 bits per heavy atom. The van der Waals surface area contributed by atoms with Gasteiger partial charge in [-0.2, -0.15) is 0 Å². The quantitative estimate of drug-likeness (QED) is 0.272. The normalized spacial score (nSPS) is 15.7. The molecule has 1 aliphatic heterocycles. The van der Waals surface area contributed by atoms with Crippen molar-refractivity contribution in [2.75, 3.05) is 25.4 Å². The van der Waals surface area contributed by atoms with E-state index >= 15 is 0 Å². The van der Waals surface area contributed by atoms with Crippen LogP contribution in [0, 0.1) is 5.41 Å².